The molecule has 3 rings (SSSR count). The summed E-state index contributed by atoms with van der Waals surface area (Å²) in [5, 5.41) is 4.15. The molecule has 1 heterocycles. The van der Waals surface area contributed by atoms with Gasteiger partial charge in [-0.05, 0) is 46.9 Å². The quantitative estimate of drug-likeness (QED) is 0.777. The third kappa shape index (κ3) is 2.96. The van der Waals surface area contributed by atoms with E-state index in [0.29, 0.717) is 19.8 Å². The zero-order chi connectivity index (χ0) is 13.9. The minimum atomic E-state index is 0.600. The van der Waals surface area contributed by atoms with Crippen LogP contribution < -0.4 is 14.8 Å². The fourth-order valence-corrected chi connectivity index (χ4v) is 3.16. The summed E-state index contributed by atoms with van der Waals surface area (Å²) in [6.07, 6.45) is 0. The first-order valence-electron chi connectivity index (χ1n) is 6.30. The first-order chi connectivity index (χ1) is 9.74. The second-order valence-corrected chi connectivity index (χ2v) is 6.02. The van der Waals surface area contributed by atoms with Crippen LogP contribution in [0.4, 0.5) is 5.69 Å². The maximum Gasteiger partial charge on any atom is 0.166 e. The van der Waals surface area contributed by atoms with E-state index in [0.717, 1.165) is 31.3 Å². The van der Waals surface area contributed by atoms with E-state index >= 15 is 0 Å². The molecule has 3 nitrogen and oxygen atoms in total. The van der Waals surface area contributed by atoms with Gasteiger partial charge in [-0.25, -0.2) is 0 Å². The highest BCUT2D eigenvalue weighted by molar-refractivity contribution is 14.1. The number of ether oxygens (including phenoxy) is 2. The predicted molar refractivity (Wildman–Crippen MR) is 88.9 cm³/mol. The average Bonchev–Trinajstić information content (AvgIpc) is 2.46. The van der Waals surface area contributed by atoms with Crippen molar-refractivity contribution >= 4 is 39.9 Å². The molecule has 0 unspecified atom stereocenters. The van der Waals surface area contributed by atoms with Crippen molar-refractivity contribution in [2.75, 3.05) is 18.5 Å². The SMILES string of the molecule is Clc1ccc(NCc2cccc3c2OCCO3)c(I)c1. The summed E-state index contributed by atoms with van der Waals surface area (Å²) in [7, 11) is 0. The van der Waals surface area contributed by atoms with Gasteiger partial charge < -0.3 is 14.8 Å². The molecule has 1 aliphatic heterocycles. The molecule has 0 saturated heterocycles. The van der Waals surface area contributed by atoms with E-state index in [-0.39, 0.29) is 0 Å². The second-order valence-electron chi connectivity index (χ2n) is 4.42. The maximum absolute atomic E-state index is 5.96. The molecule has 0 radical (unpaired) electrons. The van der Waals surface area contributed by atoms with Gasteiger partial charge in [0.05, 0.1) is 0 Å². The van der Waals surface area contributed by atoms with Gasteiger partial charge in [0.1, 0.15) is 13.2 Å². The number of fused-ring (bicyclic) bond motifs is 1. The third-order valence-corrected chi connectivity index (χ3v) is 4.18. The van der Waals surface area contributed by atoms with Crippen LogP contribution in [-0.4, -0.2) is 13.2 Å². The molecule has 104 valence electrons. The van der Waals surface area contributed by atoms with E-state index < -0.39 is 0 Å². The van der Waals surface area contributed by atoms with Crippen LogP contribution in [0, 0.1) is 3.57 Å². The summed E-state index contributed by atoms with van der Waals surface area (Å²) in [6.45, 7) is 1.89. The number of hydrogen-bond acceptors (Lipinski definition) is 3. The molecule has 20 heavy (non-hydrogen) atoms. The Kier molecular flexibility index (Phi) is 4.21. The van der Waals surface area contributed by atoms with Crippen molar-refractivity contribution in [3.63, 3.8) is 0 Å². The lowest BCUT2D eigenvalue weighted by Gasteiger charge is -2.21. The van der Waals surface area contributed by atoms with Crippen molar-refractivity contribution < 1.29 is 9.47 Å². The monoisotopic (exact) mass is 401 g/mol. The van der Waals surface area contributed by atoms with Gasteiger partial charge in [-0.3, -0.25) is 0 Å². The first-order valence-corrected chi connectivity index (χ1v) is 7.76. The fourth-order valence-electron chi connectivity index (χ4n) is 2.10. The molecule has 1 aliphatic rings. The van der Waals surface area contributed by atoms with Gasteiger partial charge in [-0.1, -0.05) is 23.7 Å². The summed E-state index contributed by atoms with van der Waals surface area (Å²) in [5.41, 5.74) is 2.15. The Morgan fingerprint density at radius 2 is 2.00 bits per heavy atom. The van der Waals surface area contributed by atoms with Crippen molar-refractivity contribution in [1.29, 1.82) is 0 Å². The Balaban J connectivity index is 1.78. The van der Waals surface area contributed by atoms with E-state index in [9.17, 15) is 0 Å². The number of anilines is 1. The molecular weight excluding hydrogens is 389 g/mol. The number of nitrogens with one attached hydrogen (secondary N) is 1. The van der Waals surface area contributed by atoms with E-state index in [1.54, 1.807) is 0 Å². The Labute approximate surface area is 136 Å². The lowest BCUT2D eigenvalue weighted by molar-refractivity contribution is 0.170. The molecule has 0 saturated carbocycles. The molecule has 5 heteroatoms. The highest BCUT2D eigenvalue weighted by atomic mass is 127. The minimum absolute atomic E-state index is 0.600. The molecule has 0 aromatic heterocycles. The molecule has 0 bridgehead atoms. The number of rotatable bonds is 3. The lowest BCUT2D eigenvalue weighted by atomic mass is 10.1. The van der Waals surface area contributed by atoms with Crippen LogP contribution in [-0.2, 0) is 6.54 Å². The molecule has 2 aromatic carbocycles. The van der Waals surface area contributed by atoms with Crippen molar-refractivity contribution in [3.05, 3.63) is 50.6 Å². The van der Waals surface area contributed by atoms with Crippen LogP contribution in [0.1, 0.15) is 5.56 Å². The largest absolute Gasteiger partial charge is 0.486 e. The zero-order valence-corrected chi connectivity index (χ0v) is 13.6. The van der Waals surface area contributed by atoms with Crippen molar-refractivity contribution in [3.8, 4) is 11.5 Å². The molecule has 0 spiro atoms. The van der Waals surface area contributed by atoms with E-state index in [1.807, 2.05) is 36.4 Å². The molecular formula is C15H13ClINO2. The summed E-state index contributed by atoms with van der Waals surface area (Å²) in [6, 6.07) is 11.8. The van der Waals surface area contributed by atoms with E-state index in [1.165, 1.54) is 0 Å². The summed E-state index contributed by atoms with van der Waals surface area (Å²) < 4.78 is 12.4. The van der Waals surface area contributed by atoms with Gasteiger partial charge in [0.2, 0.25) is 0 Å². The smallest absolute Gasteiger partial charge is 0.166 e. The van der Waals surface area contributed by atoms with Gasteiger partial charge in [0.15, 0.2) is 11.5 Å². The first kappa shape index (κ1) is 13.8. The predicted octanol–water partition coefficient (Wildman–Crippen LogP) is 4.33. The van der Waals surface area contributed by atoms with Crippen LogP contribution >= 0.6 is 34.2 Å². The van der Waals surface area contributed by atoms with Gasteiger partial charge in [-0.15, -0.1) is 0 Å². The van der Waals surface area contributed by atoms with Gasteiger partial charge >= 0.3 is 0 Å². The highest BCUT2D eigenvalue weighted by Gasteiger charge is 2.15. The van der Waals surface area contributed by atoms with Crippen LogP contribution in [0.3, 0.4) is 0 Å². The molecule has 0 fully saturated rings. The maximum atomic E-state index is 5.96. The van der Waals surface area contributed by atoms with Crippen molar-refractivity contribution in [2.45, 2.75) is 6.54 Å². The van der Waals surface area contributed by atoms with Crippen LogP contribution in [0.2, 0.25) is 5.02 Å². The number of benzene rings is 2. The van der Waals surface area contributed by atoms with Gasteiger partial charge in [-0.2, -0.15) is 0 Å². The van der Waals surface area contributed by atoms with Crippen LogP contribution in [0.25, 0.3) is 0 Å². The molecule has 0 amide bonds. The lowest BCUT2D eigenvalue weighted by Crippen LogP contribution is -2.17. The normalized spacial score (nSPS) is 13.1. The third-order valence-electron chi connectivity index (χ3n) is 3.05. The number of para-hydroxylation sites is 1. The van der Waals surface area contributed by atoms with Crippen LogP contribution in [0.15, 0.2) is 36.4 Å². The standard InChI is InChI=1S/C15H13ClINO2/c16-11-4-5-13(12(17)8-11)18-9-10-2-1-3-14-15(10)20-7-6-19-14/h1-5,8,18H,6-7,9H2. The minimum Gasteiger partial charge on any atom is -0.486 e. The fraction of sp³-hybridized carbons (Fsp3) is 0.200. The molecule has 1 N–H and O–H groups in total. The van der Waals surface area contributed by atoms with Gasteiger partial charge in [0.25, 0.3) is 0 Å². The zero-order valence-electron chi connectivity index (χ0n) is 10.7. The Morgan fingerprint density at radius 1 is 1.15 bits per heavy atom. The Hall–Kier alpha value is -1.14. The Morgan fingerprint density at radius 3 is 2.85 bits per heavy atom. The average molecular weight is 402 g/mol. The van der Waals surface area contributed by atoms with E-state index in [4.69, 9.17) is 21.1 Å². The molecule has 0 aliphatic carbocycles. The molecule has 0 atom stereocenters. The van der Waals surface area contributed by atoms with E-state index in [2.05, 4.69) is 27.9 Å². The Bertz CT molecular complexity index is 633. The van der Waals surface area contributed by atoms with Crippen molar-refractivity contribution in [1.82, 2.24) is 0 Å². The second kappa shape index (κ2) is 6.10. The number of hydrogen-bond donors (Lipinski definition) is 1. The summed E-state index contributed by atoms with van der Waals surface area (Å²) in [5.74, 6) is 1.66. The van der Waals surface area contributed by atoms with Crippen molar-refractivity contribution in [2.24, 2.45) is 0 Å². The highest BCUT2D eigenvalue weighted by Crippen LogP contribution is 2.34. The number of halogens is 2. The van der Waals surface area contributed by atoms with Crippen LogP contribution in [0.5, 0.6) is 11.5 Å². The topological polar surface area (TPSA) is 30.5 Å². The molecule has 2 aromatic rings. The summed E-state index contributed by atoms with van der Waals surface area (Å²) in [4.78, 5) is 0. The summed E-state index contributed by atoms with van der Waals surface area (Å²) >= 11 is 8.23. The van der Waals surface area contributed by atoms with Gasteiger partial charge in [0, 0.05) is 26.4 Å².